The molecule has 0 radical (unpaired) electrons. The number of halogens is 3. The lowest BCUT2D eigenvalue weighted by Crippen LogP contribution is -2.52. The monoisotopic (exact) mass is 254 g/mol. The number of hydrogen-bond acceptors (Lipinski definition) is 2. The summed E-state index contributed by atoms with van der Waals surface area (Å²) in [5.41, 5.74) is 0. The van der Waals surface area contributed by atoms with Crippen LogP contribution in [0.25, 0.3) is 0 Å². The van der Waals surface area contributed by atoms with Crippen molar-refractivity contribution in [2.75, 3.05) is 32.7 Å². The van der Waals surface area contributed by atoms with Crippen molar-refractivity contribution in [3.8, 4) is 0 Å². The van der Waals surface area contributed by atoms with Crippen LogP contribution in [0.15, 0.2) is 0 Å². The van der Waals surface area contributed by atoms with E-state index in [0.717, 1.165) is 17.9 Å². The van der Waals surface area contributed by atoms with Crippen LogP contribution in [0, 0.1) is 0 Å². The number of nitrogens with zero attached hydrogens (tertiary/aromatic N) is 2. The number of alkyl halides is 3. The Balaban J connectivity index is 0.00000121. The van der Waals surface area contributed by atoms with E-state index in [1.54, 1.807) is 0 Å². The maximum Gasteiger partial charge on any atom is 0.406 e. The second-order valence-corrected chi connectivity index (χ2v) is 3.71. The summed E-state index contributed by atoms with van der Waals surface area (Å²) >= 11 is 0. The van der Waals surface area contributed by atoms with Gasteiger partial charge in [0.25, 0.3) is 0 Å². The first-order valence-corrected chi connectivity index (χ1v) is 5.99. The smallest absolute Gasteiger partial charge is 0.331 e. The zero-order valence-electron chi connectivity index (χ0n) is 10.7. The number of amides is 1. The molecule has 1 fully saturated rings. The Morgan fingerprint density at radius 1 is 1.24 bits per heavy atom. The first-order valence-electron chi connectivity index (χ1n) is 5.99. The maximum absolute atomic E-state index is 12.1. The minimum absolute atomic E-state index is 0.115. The van der Waals surface area contributed by atoms with Crippen molar-refractivity contribution >= 4 is 5.91 Å². The number of hydrogen-bond donors (Lipinski definition) is 0. The fourth-order valence-electron chi connectivity index (χ4n) is 1.65. The molecule has 17 heavy (non-hydrogen) atoms. The number of carbonyl (C=O) groups is 1. The highest BCUT2D eigenvalue weighted by molar-refractivity contribution is 5.79. The van der Waals surface area contributed by atoms with Gasteiger partial charge < -0.3 is 4.90 Å². The molecule has 1 aliphatic rings. The van der Waals surface area contributed by atoms with Crippen LogP contribution in [-0.2, 0) is 4.79 Å². The lowest BCUT2D eigenvalue weighted by atomic mass is 10.3. The minimum atomic E-state index is -4.29. The van der Waals surface area contributed by atoms with E-state index >= 15 is 0 Å². The van der Waals surface area contributed by atoms with Crippen LogP contribution in [0.4, 0.5) is 13.2 Å². The molecule has 0 spiro atoms. The summed E-state index contributed by atoms with van der Waals surface area (Å²) in [5.74, 6) is -0.424. The summed E-state index contributed by atoms with van der Waals surface area (Å²) < 4.78 is 36.2. The molecule has 0 bridgehead atoms. The highest BCUT2D eigenvalue weighted by Gasteiger charge is 2.35. The van der Waals surface area contributed by atoms with Crippen LogP contribution in [0.1, 0.15) is 27.2 Å². The standard InChI is InChI=1S/C9H15F3N2O.C2H6/c1-2-3-13-4-5-14(8(15)6-13)7-9(10,11)12;1-2/h2-7H2,1H3;1-2H3. The van der Waals surface area contributed by atoms with Gasteiger partial charge in [0.05, 0.1) is 6.54 Å². The van der Waals surface area contributed by atoms with E-state index < -0.39 is 18.6 Å². The van der Waals surface area contributed by atoms with Crippen molar-refractivity contribution in [2.24, 2.45) is 0 Å². The molecule has 0 atom stereocenters. The lowest BCUT2D eigenvalue weighted by molar-refractivity contribution is -0.165. The van der Waals surface area contributed by atoms with E-state index in [2.05, 4.69) is 0 Å². The van der Waals surface area contributed by atoms with E-state index in [1.165, 1.54) is 0 Å². The Morgan fingerprint density at radius 3 is 2.24 bits per heavy atom. The molecule has 102 valence electrons. The van der Waals surface area contributed by atoms with Crippen molar-refractivity contribution in [1.82, 2.24) is 9.80 Å². The van der Waals surface area contributed by atoms with Crippen LogP contribution in [-0.4, -0.2) is 54.6 Å². The third-order valence-corrected chi connectivity index (χ3v) is 2.31. The number of rotatable bonds is 3. The van der Waals surface area contributed by atoms with Crippen molar-refractivity contribution in [3.63, 3.8) is 0 Å². The van der Waals surface area contributed by atoms with Gasteiger partial charge in [0.2, 0.25) is 5.91 Å². The van der Waals surface area contributed by atoms with Crippen molar-refractivity contribution < 1.29 is 18.0 Å². The van der Waals surface area contributed by atoms with Crippen LogP contribution in [0.3, 0.4) is 0 Å². The molecule has 0 aliphatic carbocycles. The van der Waals surface area contributed by atoms with Crippen LogP contribution < -0.4 is 0 Å². The average molecular weight is 254 g/mol. The highest BCUT2D eigenvalue weighted by Crippen LogP contribution is 2.17. The molecule has 1 saturated heterocycles. The Morgan fingerprint density at radius 2 is 1.82 bits per heavy atom. The first kappa shape index (κ1) is 16.2. The molecule has 0 aromatic carbocycles. The average Bonchev–Trinajstić information content (AvgIpc) is 2.24. The lowest BCUT2D eigenvalue weighted by Gasteiger charge is -2.34. The minimum Gasteiger partial charge on any atom is -0.331 e. The first-order chi connectivity index (χ1) is 7.92. The van der Waals surface area contributed by atoms with Gasteiger partial charge in [0.1, 0.15) is 6.54 Å². The van der Waals surface area contributed by atoms with Crippen molar-refractivity contribution in [2.45, 2.75) is 33.4 Å². The molecule has 0 saturated carbocycles. The van der Waals surface area contributed by atoms with Gasteiger partial charge in [-0.05, 0) is 13.0 Å². The molecule has 1 aliphatic heterocycles. The molecule has 1 heterocycles. The van der Waals surface area contributed by atoms with Gasteiger partial charge in [0, 0.05) is 13.1 Å². The van der Waals surface area contributed by atoms with Gasteiger partial charge in [-0.1, -0.05) is 20.8 Å². The van der Waals surface area contributed by atoms with E-state index in [4.69, 9.17) is 0 Å². The predicted molar refractivity (Wildman–Crippen MR) is 60.7 cm³/mol. The summed E-state index contributed by atoms with van der Waals surface area (Å²) in [5, 5.41) is 0. The predicted octanol–water partition coefficient (Wildman–Crippen LogP) is 2.13. The largest absolute Gasteiger partial charge is 0.406 e. The second kappa shape index (κ2) is 7.53. The Bertz CT molecular complexity index is 231. The molecule has 0 aromatic heterocycles. The zero-order valence-corrected chi connectivity index (χ0v) is 10.7. The Hall–Kier alpha value is -0.780. The molecular formula is C11H21F3N2O. The maximum atomic E-state index is 12.1. The highest BCUT2D eigenvalue weighted by atomic mass is 19.4. The number of piperazine rings is 1. The SMILES string of the molecule is CC.CCCN1CCN(CC(F)(F)F)C(=O)C1. The molecule has 6 heteroatoms. The van der Waals surface area contributed by atoms with E-state index in [0.29, 0.717) is 6.54 Å². The van der Waals surface area contributed by atoms with Gasteiger partial charge in [-0.15, -0.1) is 0 Å². The molecule has 3 nitrogen and oxygen atoms in total. The fraction of sp³-hybridized carbons (Fsp3) is 0.909. The Kier molecular flexibility index (Phi) is 7.18. The molecule has 0 N–H and O–H groups in total. The van der Waals surface area contributed by atoms with Crippen molar-refractivity contribution in [1.29, 1.82) is 0 Å². The Labute approximate surface area is 101 Å². The molecular weight excluding hydrogens is 233 g/mol. The van der Waals surface area contributed by atoms with E-state index in [-0.39, 0.29) is 13.1 Å². The third kappa shape index (κ3) is 6.51. The number of carbonyl (C=O) groups excluding carboxylic acids is 1. The summed E-state index contributed by atoms with van der Waals surface area (Å²) in [4.78, 5) is 14.1. The van der Waals surface area contributed by atoms with Gasteiger partial charge in [0.15, 0.2) is 0 Å². The second-order valence-electron chi connectivity index (χ2n) is 3.71. The molecule has 1 amide bonds. The van der Waals surface area contributed by atoms with Gasteiger partial charge in [-0.3, -0.25) is 9.69 Å². The molecule has 0 unspecified atom stereocenters. The van der Waals surface area contributed by atoms with Crippen molar-refractivity contribution in [3.05, 3.63) is 0 Å². The van der Waals surface area contributed by atoms with Crippen LogP contribution >= 0.6 is 0 Å². The van der Waals surface area contributed by atoms with Crippen LogP contribution in [0.2, 0.25) is 0 Å². The topological polar surface area (TPSA) is 23.6 Å². The quantitative estimate of drug-likeness (QED) is 0.770. The van der Waals surface area contributed by atoms with Gasteiger partial charge in [-0.25, -0.2) is 0 Å². The van der Waals surface area contributed by atoms with Gasteiger partial charge in [-0.2, -0.15) is 13.2 Å². The van der Waals surface area contributed by atoms with E-state index in [9.17, 15) is 18.0 Å². The summed E-state index contributed by atoms with van der Waals surface area (Å²) in [6.07, 6.45) is -3.38. The van der Waals surface area contributed by atoms with E-state index in [1.807, 2.05) is 25.7 Å². The third-order valence-electron chi connectivity index (χ3n) is 2.31. The summed E-state index contributed by atoms with van der Waals surface area (Å²) in [6.45, 7) is 6.46. The van der Waals surface area contributed by atoms with Crippen LogP contribution in [0.5, 0.6) is 0 Å². The molecule has 1 rings (SSSR count). The summed E-state index contributed by atoms with van der Waals surface area (Å²) in [7, 11) is 0. The molecule has 0 aromatic rings. The summed E-state index contributed by atoms with van der Waals surface area (Å²) in [6, 6.07) is 0. The van der Waals surface area contributed by atoms with Gasteiger partial charge >= 0.3 is 6.18 Å². The fourth-order valence-corrected chi connectivity index (χ4v) is 1.65. The normalized spacial score (nSPS) is 17.8. The zero-order chi connectivity index (χ0) is 13.5.